The molecule has 0 saturated heterocycles. The molecule has 0 N–H and O–H groups in total. The van der Waals surface area contributed by atoms with Crippen molar-refractivity contribution in [3.8, 4) is 6.07 Å². The lowest BCUT2D eigenvalue weighted by Gasteiger charge is -2.16. The smallest absolute Gasteiger partial charge is 0.241 e. The molecule has 2 aromatic carbocycles. The zero-order valence-electron chi connectivity index (χ0n) is 15.9. The summed E-state index contributed by atoms with van der Waals surface area (Å²) in [7, 11) is 0. The number of aryl methyl sites for hydroxylation is 2. The van der Waals surface area contributed by atoms with Crippen LogP contribution in [-0.4, -0.2) is 21.2 Å². The lowest BCUT2D eigenvalue weighted by molar-refractivity contribution is 0.0951. The van der Waals surface area contributed by atoms with Crippen molar-refractivity contribution in [1.29, 1.82) is 5.26 Å². The fourth-order valence-corrected chi connectivity index (χ4v) is 5.01. The Bertz CT molecular complexity index is 1250. The van der Waals surface area contributed by atoms with E-state index in [1.54, 1.807) is 4.57 Å². The van der Waals surface area contributed by atoms with E-state index >= 15 is 0 Å². The molecule has 0 spiro atoms. The summed E-state index contributed by atoms with van der Waals surface area (Å²) in [6, 6.07) is 20.2. The zero-order chi connectivity index (χ0) is 19.8. The van der Waals surface area contributed by atoms with Gasteiger partial charge in [-0.25, -0.2) is 4.98 Å². The normalized spacial score (nSPS) is 13.3. The van der Waals surface area contributed by atoms with Crippen LogP contribution in [0, 0.1) is 11.3 Å². The van der Waals surface area contributed by atoms with Crippen molar-refractivity contribution in [1.82, 2.24) is 9.55 Å². The van der Waals surface area contributed by atoms with Crippen LogP contribution in [0.5, 0.6) is 0 Å². The molecule has 0 fully saturated rings. The molecule has 2 heterocycles. The Morgan fingerprint density at radius 3 is 2.38 bits per heavy atom. The van der Waals surface area contributed by atoms with Crippen molar-refractivity contribution in [2.75, 3.05) is 5.75 Å². The summed E-state index contributed by atoms with van der Waals surface area (Å²) in [6.45, 7) is 0. The van der Waals surface area contributed by atoms with Crippen molar-refractivity contribution < 1.29 is 4.79 Å². The number of pyridine rings is 1. The molecule has 0 atom stereocenters. The quantitative estimate of drug-likeness (QED) is 0.436. The summed E-state index contributed by atoms with van der Waals surface area (Å²) < 4.78 is 1.79. The number of carbonyl (C=O) groups excluding carboxylic acids is 1. The zero-order valence-corrected chi connectivity index (χ0v) is 16.7. The second kappa shape index (κ2) is 7.38. The fraction of sp³-hybridized carbons (Fsp3) is 0.208. The van der Waals surface area contributed by atoms with E-state index in [0.29, 0.717) is 10.6 Å². The minimum Gasteiger partial charge on any atom is -0.279 e. The van der Waals surface area contributed by atoms with E-state index in [2.05, 4.69) is 6.07 Å². The molecule has 4 nitrogen and oxygen atoms in total. The molecule has 29 heavy (non-hydrogen) atoms. The molecule has 0 radical (unpaired) electrons. The predicted molar refractivity (Wildman–Crippen MR) is 116 cm³/mol. The second-order valence-corrected chi connectivity index (χ2v) is 8.28. The average Bonchev–Trinajstić information content (AvgIpc) is 3.11. The fourth-order valence-electron chi connectivity index (χ4n) is 4.19. The van der Waals surface area contributed by atoms with Gasteiger partial charge in [-0.3, -0.25) is 9.36 Å². The molecule has 0 aliphatic heterocycles. The van der Waals surface area contributed by atoms with Gasteiger partial charge in [0, 0.05) is 16.5 Å². The van der Waals surface area contributed by atoms with Crippen LogP contribution in [0.2, 0.25) is 0 Å². The van der Waals surface area contributed by atoms with Crippen molar-refractivity contribution in [3.63, 3.8) is 0 Å². The number of hydrogen-bond donors (Lipinski definition) is 0. The number of aromatic nitrogens is 2. The number of carbonyl (C=O) groups is 1. The van der Waals surface area contributed by atoms with Gasteiger partial charge in [-0.2, -0.15) is 5.26 Å². The van der Waals surface area contributed by atoms with Gasteiger partial charge < -0.3 is 0 Å². The summed E-state index contributed by atoms with van der Waals surface area (Å²) in [5.41, 5.74) is 4.68. The standard InChI is InChI=1S/C24H19N3OS/c25-14-17-13-16-7-1-4-10-20(16)26-24(17)29-15-23(28)27-21-11-5-2-8-18(21)19-9-3-6-12-22(19)27/h2-3,5-6,8-9,11-13H,1,4,7,10,15H2. The number of hydrogen-bond acceptors (Lipinski definition) is 4. The highest BCUT2D eigenvalue weighted by Crippen LogP contribution is 2.31. The Morgan fingerprint density at radius 1 is 1.03 bits per heavy atom. The van der Waals surface area contributed by atoms with Gasteiger partial charge in [0.05, 0.1) is 22.3 Å². The predicted octanol–water partition coefficient (Wildman–Crippen LogP) is 5.37. The van der Waals surface area contributed by atoms with E-state index < -0.39 is 0 Å². The van der Waals surface area contributed by atoms with E-state index in [9.17, 15) is 10.1 Å². The van der Waals surface area contributed by atoms with Crippen LogP contribution in [0.3, 0.4) is 0 Å². The molecule has 0 saturated carbocycles. The molecule has 4 aromatic rings. The van der Waals surface area contributed by atoms with E-state index in [-0.39, 0.29) is 11.7 Å². The Hall–Kier alpha value is -3.10. The van der Waals surface area contributed by atoms with Crippen LogP contribution in [0.25, 0.3) is 21.8 Å². The largest absolute Gasteiger partial charge is 0.279 e. The van der Waals surface area contributed by atoms with Crippen molar-refractivity contribution >= 4 is 39.5 Å². The highest BCUT2D eigenvalue weighted by Gasteiger charge is 2.19. The Kier molecular flexibility index (Phi) is 4.57. The van der Waals surface area contributed by atoms with Gasteiger partial charge in [0.15, 0.2) is 0 Å². The molecule has 142 valence electrons. The SMILES string of the molecule is N#Cc1cc2c(nc1SCC(=O)n1c3ccccc3c3ccccc31)CCCC2. The summed E-state index contributed by atoms with van der Waals surface area (Å²) in [6.07, 6.45) is 4.23. The first-order valence-corrected chi connectivity index (χ1v) is 10.8. The highest BCUT2D eigenvalue weighted by molar-refractivity contribution is 8.00. The average molecular weight is 398 g/mol. The van der Waals surface area contributed by atoms with Crippen molar-refractivity contribution in [2.45, 2.75) is 30.7 Å². The maximum atomic E-state index is 13.2. The maximum absolute atomic E-state index is 13.2. The van der Waals surface area contributed by atoms with Gasteiger partial charge >= 0.3 is 0 Å². The minimum atomic E-state index is -0.00388. The van der Waals surface area contributed by atoms with Crippen molar-refractivity contribution in [3.05, 3.63) is 71.4 Å². The first kappa shape index (κ1) is 18.0. The number of benzene rings is 2. The monoisotopic (exact) mass is 397 g/mol. The lowest BCUT2D eigenvalue weighted by Crippen LogP contribution is -2.13. The maximum Gasteiger partial charge on any atom is 0.241 e. The van der Waals surface area contributed by atoms with E-state index in [4.69, 9.17) is 4.98 Å². The van der Waals surface area contributed by atoms with Gasteiger partial charge in [0.25, 0.3) is 0 Å². The Labute approximate surface area is 173 Å². The third-order valence-electron chi connectivity index (χ3n) is 5.55. The number of thioether (sulfide) groups is 1. The van der Waals surface area contributed by atoms with Crippen LogP contribution >= 0.6 is 11.8 Å². The van der Waals surface area contributed by atoms with Gasteiger partial charge in [-0.15, -0.1) is 0 Å². The number of fused-ring (bicyclic) bond motifs is 4. The van der Waals surface area contributed by atoms with Crippen LogP contribution in [0.1, 0.15) is 34.5 Å². The third kappa shape index (κ3) is 3.10. The van der Waals surface area contributed by atoms with Crippen LogP contribution in [0.15, 0.2) is 59.6 Å². The van der Waals surface area contributed by atoms with Gasteiger partial charge in [-0.1, -0.05) is 48.2 Å². The number of nitrogens with zero attached hydrogens (tertiary/aromatic N) is 3. The van der Waals surface area contributed by atoms with Crippen LogP contribution in [0.4, 0.5) is 0 Å². The molecule has 2 aromatic heterocycles. The van der Waals surface area contributed by atoms with Gasteiger partial charge in [-0.05, 0) is 49.4 Å². The Morgan fingerprint density at radius 2 is 1.69 bits per heavy atom. The lowest BCUT2D eigenvalue weighted by atomic mass is 9.95. The first-order valence-electron chi connectivity index (χ1n) is 9.83. The summed E-state index contributed by atoms with van der Waals surface area (Å²) in [4.78, 5) is 18.0. The first-order chi connectivity index (χ1) is 14.3. The summed E-state index contributed by atoms with van der Waals surface area (Å²) in [5.74, 6) is 0.235. The molecule has 0 unspecified atom stereocenters. The Balaban J connectivity index is 1.50. The van der Waals surface area contributed by atoms with Gasteiger partial charge in [0.1, 0.15) is 11.1 Å². The van der Waals surface area contributed by atoms with Crippen LogP contribution < -0.4 is 0 Å². The molecular weight excluding hydrogens is 378 g/mol. The molecule has 0 bridgehead atoms. The number of para-hydroxylation sites is 2. The summed E-state index contributed by atoms with van der Waals surface area (Å²) in [5, 5.41) is 12.4. The second-order valence-electron chi connectivity index (χ2n) is 7.32. The van der Waals surface area contributed by atoms with E-state index in [1.165, 1.54) is 17.3 Å². The molecule has 1 aliphatic rings. The number of nitriles is 1. The topological polar surface area (TPSA) is 58.7 Å². The minimum absolute atomic E-state index is 0.00388. The van der Waals surface area contributed by atoms with Crippen LogP contribution in [-0.2, 0) is 12.8 Å². The molecule has 5 rings (SSSR count). The molecule has 0 amide bonds. The summed E-state index contributed by atoms with van der Waals surface area (Å²) >= 11 is 1.36. The van der Waals surface area contributed by atoms with E-state index in [1.807, 2.05) is 54.6 Å². The molecule has 5 heteroatoms. The van der Waals surface area contributed by atoms with Gasteiger partial charge in [0.2, 0.25) is 5.91 Å². The van der Waals surface area contributed by atoms with Crippen molar-refractivity contribution in [2.24, 2.45) is 0 Å². The molecule has 1 aliphatic carbocycles. The highest BCUT2D eigenvalue weighted by atomic mass is 32.2. The van der Waals surface area contributed by atoms with E-state index in [0.717, 1.165) is 53.2 Å². The number of rotatable bonds is 3. The molecular formula is C24H19N3OS. The third-order valence-corrected chi connectivity index (χ3v) is 6.52.